The molecule has 2 aromatic heterocycles. The average molecular weight is 368 g/mol. The van der Waals surface area contributed by atoms with Gasteiger partial charge < -0.3 is 4.74 Å². The number of methoxy groups -OCH3 is 1. The highest BCUT2D eigenvalue weighted by Crippen LogP contribution is 2.33. The zero-order valence-electron chi connectivity index (χ0n) is 14.8. The fourth-order valence-corrected chi connectivity index (χ4v) is 3.97. The van der Waals surface area contributed by atoms with Crippen LogP contribution in [-0.4, -0.2) is 38.2 Å². The van der Waals surface area contributed by atoms with Gasteiger partial charge in [0.2, 0.25) is 5.16 Å². The number of carbonyl (C=O) groups is 1. The molecule has 0 radical (unpaired) electrons. The van der Waals surface area contributed by atoms with Gasteiger partial charge in [0.05, 0.1) is 18.4 Å². The van der Waals surface area contributed by atoms with Crippen LogP contribution >= 0.6 is 11.8 Å². The van der Waals surface area contributed by atoms with E-state index in [0.29, 0.717) is 22.9 Å². The minimum Gasteiger partial charge on any atom is -0.497 e. The normalized spacial score (nSPS) is 16.7. The minimum absolute atomic E-state index is 0.111. The van der Waals surface area contributed by atoms with Crippen molar-refractivity contribution in [1.29, 1.82) is 0 Å². The van der Waals surface area contributed by atoms with Crippen LogP contribution in [0, 0.1) is 0 Å². The first kappa shape index (κ1) is 17.0. The molecule has 1 aromatic carbocycles. The lowest BCUT2D eigenvalue weighted by atomic mass is 9.82. The van der Waals surface area contributed by atoms with Gasteiger partial charge in [-0.05, 0) is 36.5 Å². The molecule has 1 aliphatic rings. The van der Waals surface area contributed by atoms with Crippen LogP contribution in [0.5, 0.6) is 5.75 Å². The summed E-state index contributed by atoms with van der Waals surface area (Å²) < 4.78 is 6.98. The molecule has 0 fully saturated rings. The highest BCUT2D eigenvalue weighted by Gasteiger charge is 2.29. The second kappa shape index (κ2) is 7.07. The SMILES string of the molecule is CCCSc1nc2ncc3c(n2n1)CC(c1ccc(OC)cc1)CC3=O. The number of nitrogens with zero attached hydrogens (tertiary/aromatic N) is 4. The number of rotatable bonds is 5. The minimum atomic E-state index is 0.111. The van der Waals surface area contributed by atoms with E-state index in [1.165, 1.54) is 0 Å². The molecule has 26 heavy (non-hydrogen) atoms. The molecular weight excluding hydrogens is 348 g/mol. The maximum absolute atomic E-state index is 12.7. The first-order chi connectivity index (χ1) is 12.7. The summed E-state index contributed by atoms with van der Waals surface area (Å²) in [6, 6.07) is 7.94. The molecule has 1 atom stereocenters. The Hall–Kier alpha value is -2.41. The molecule has 7 heteroatoms. The third-order valence-corrected chi connectivity index (χ3v) is 5.68. The number of fused-ring (bicyclic) bond motifs is 3. The number of hydrogen-bond acceptors (Lipinski definition) is 6. The molecule has 0 saturated heterocycles. The van der Waals surface area contributed by atoms with Gasteiger partial charge >= 0.3 is 0 Å². The molecular formula is C19H20N4O2S. The van der Waals surface area contributed by atoms with Gasteiger partial charge in [-0.3, -0.25) is 4.79 Å². The van der Waals surface area contributed by atoms with Crippen LogP contribution in [0.4, 0.5) is 0 Å². The van der Waals surface area contributed by atoms with Crippen LogP contribution in [-0.2, 0) is 6.42 Å². The summed E-state index contributed by atoms with van der Waals surface area (Å²) in [6.45, 7) is 2.13. The summed E-state index contributed by atoms with van der Waals surface area (Å²) in [5, 5.41) is 5.30. The van der Waals surface area contributed by atoms with E-state index in [2.05, 4.69) is 22.0 Å². The number of benzene rings is 1. The van der Waals surface area contributed by atoms with Gasteiger partial charge in [-0.15, -0.1) is 5.10 Å². The van der Waals surface area contributed by atoms with Crippen molar-refractivity contribution in [3.63, 3.8) is 0 Å². The standard InChI is InChI=1S/C19H20N4O2S/c1-3-8-26-19-21-18-20-11-15-16(23(18)22-19)9-13(10-17(15)24)12-4-6-14(25-2)7-5-12/h4-7,11,13H,3,8-10H2,1-2H3. The van der Waals surface area contributed by atoms with Gasteiger partial charge in [0.25, 0.3) is 5.78 Å². The fourth-order valence-electron chi connectivity index (χ4n) is 3.30. The van der Waals surface area contributed by atoms with E-state index in [1.807, 2.05) is 24.3 Å². The molecule has 2 heterocycles. The molecule has 0 aliphatic heterocycles. The molecule has 0 N–H and O–H groups in total. The van der Waals surface area contributed by atoms with Crippen molar-refractivity contribution in [1.82, 2.24) is 19.6 Å². The zero-order valence-corrected chi connectivity index (χ0v) is 15.6. The van der Waals surface area contributed by atoms with Crippen LogP contribution in [0.3, 0.4) is 0 Å². The zero-order chi connectivity index (χ0) is 18.1. The van der Waals surface area contributed by atoms with Crippen molar-refractivity contribution in [2.45, 2.75) is 37.3 Å². The van der Waals surface area contributed by atoms with Gasteiger partial charge in [0.15, 0.2) is 5.78 Å². The summed E-state index contributed by atoms with van der Waals surface area (Å²) in [5.41, 5.74) is 2.71. The Morgan fingerprint density at radius 1 is 1.27 bits per heavy atom. The van der Waals surface area contributed by atoms with E-state index in [9.17, 15) is 4.79 Å². The van der Waals surface area contributed by atoms with Gasteiger partial charge in [0, 0.05) is 18.4 Å². The van der Waals surface area contributed by atoms with Crippen molar-refractivity contribution in [3.8, 4) is 5.75 Å². The third kappa shape index (κ3) is 3.07. The Morgan fingerprint density at radius 2 is 2.08 bits per heavy atom. The number of Topliss-reactive ketones (excluding diaryl/α,β-unsaturated/α-hetero) is 1. The van der Waals surface area contributed by atoms with Crippen molar-refractivity contribution >= 4 is 23.3 Å². The molecule has 0 spiro atoms. The first-order valence-electron chi connectivity index (χ1n) is 8.74. The van der Waals surface area contributed by atoms with E-state index in [1.54, 1.807) is 29.6 Å². The number of ketones is 1. The van der Waals surface area contributed by atoms with E-state index < -0.39 is 0 Å². The molecule has 134 valence electrons. The van der Waals surface area contributed by atoms with Gasteiger partial charge in [-0.25, -0.2) is 4.98 Å². The van der Waals surface area contributed by atoms with Crippen LogP contribution < -0.4 is 4.74 Å². The Labute approximate surface area is 156 Å². The lowest BCUT2D eigenvalue weighted by Crippen LogP contribution is -2.22. The highest BCUT2D eigenvalue weighted by atomic mass is 32.2. The van der Waals surface area contributed by atoms with Gasteiger partial charge in [-0.2, -0.15) is 9.50 Å². The molecule has 0 amide bonds. The summed E-state index contributed by atoms with van der Waals surface area (Å²) in [6.07, 6.45) is 3.94. The van der Waals surface area contributed by atoms with E-state index in [4.69, 9.17) is 4.74 Å². The second-order valence-corrected chi connectivity index (χ2v) is 7.44. The topological polar surface area (TPSA) is 69.4 Å². The average Bonchev–Trinajstić information content (AvgIpc) is 3.10. The quantitative estimate of drug-likeness (QED) is 0.642. The molecule has 4 rings (SSSR count). The Morgan fingerprint density at radius 3 is 2.81 bits per heavy atom. The Balaban J connectivity index is 1.70. The molecule has 1 unspecified atom stereocenters. The number of hydrogen-bond donors (Lipinski definition) is 0. The fraction of sp³-hybridized carbons (Fsp3) is 0.368. The lowest BCUT2D eigenvalue weighted by Gasteiger charge is -2.24. The maximum Gasteiger partial charge on any atom is 0.253 e. The Kier molecular flexibility index (Phi) is 4.63. The van der Waals surface area contributed by atoms with Crippen molar-refractivity contribution < 1.29 is 9.53 Å². The van der Waals surface area contributed by atoms with Crippen LogP contribution in [0.25, 0.3) is 5.78 Å². The van der Waals surface area contributed by atoms with Crippen LogP contribution in [0.15, 0.2) is 35.6 Å². The third-order valence-electron chi connectivity index (χ3n) is 4.64. The highest BCUT2D eigenvalue weighted by molar-refractivity contribution is 7.99. The molecule has 6 nitrogen and oxygen atoms in total. The molecule has 3 aromatic rings. The number of thioether (sulfide) groups is 1. The number of carbonyl (C=O) groups excluding carboxylic acids is 1. The predicted octanol–water partition coefficient (Wildman–Crippen LogP) is 3.55. The van der Waals surface area contributed by atoms with Gasteiger partial charge in [0.1, 0.15) is 5.75 Å². The second-order valence-electron chi connectivity index (χ2n) is 6.37. The predicted molar refractivity (Wildman–Crippen MR) is 100 cm³/mol. The summed E-state index contributed by atoms with van der Waals surface area (Å²) in [7, 11) is 1.65. The largest absolute Gasteiger partial charge is 0.497 e. The van der Waals surface area contributed by atoms with Gasteiger partial charge in [-0.1, -0.05) is 30.8 Å². The van der Waals surface area contributed by atoms with Crippen molar-refractivity contribution in [2.75, 3.05) is 12.9 Å². The Bertz CT molecular complexity index is 952. The smallest absolute Gasteiger partial charge is 0.253 e. The van der Waals surface area contributed by atoms with Crippen LogP contribution in [0.1, 0.15) is 47.3 Å². The summed E-state index contributed by atoms with van der Waals surface area (Å²) in [4.78, 5) is 21.5. The lowest BCUT2D eigenvalue weighted by molar-refractivity contribution is 0.0962. The summed E-state index contributed by atoms with van der Waals surface area (Å²) in [5.74, 6) is 2.58. The summed E-state index contributed by atoms with van der Waals surface area (Å²) >= 11 is 1.62. The molecule has 0 bridgehead atoms. The first-order valence-corrected chi connectivity index (χ1v) is 9.72. The van der Waals surface area contributed by atoms with Crippen LogP contribution in [0.2, 0.25) is 0 Å². The van der Waals surface area contributed by atoms with E-state index >= 15 is 0 Å². The number of ether oxygens (including phenoxy) is 1. The monoisotopic (exact) mass is 368 g/mol. The van der Waals surface area contributed by atoms with E-state index in [-0.39, 0.29) is 11.7 Å². The van der Waals surface area contributed by atoms with Crippen molar-refractivity contribution in [3.05, 3.63) is 47.3 Å². The van der Waals surface area contributed by atoms with Crippen molar-refractivity contribution in [2.24, 2.45) is 0 Å². The molecule has 1 aliphatic carbocycles. The van der Waals surface area contributed by atoms with E-state index in [0.717, 1.165) is 35.6 Å². The number of aromatic nitrogens is 4. The maximum atomic E-state index is 12.7. The molecule has 0 saturated carbocycles.